The van der Waals surface area contributed by atoms with Gasteiger partial charge < -0.3 is 10.8 Å². The molecular weight excluding hydrogens is 242 g/mol. The van der Waals surface area contributed by atoms with Gasteiger partial charge in [0.05, 0.1) is 5.69 Å². The molecule has 0 radical (unpaired) electrons. The average molecular weight is 249 g/mol. The summed E-state index contributed by atoms with van der Waals surface area (Å²) in [6, 6.07) is 2.12. The van der Waals surface area contributed by atoms with E-state index in [0.29, 0.717) is 0 Å². The molecule has 15 heavy (non-hydrogen) atoms. The summed E-state index contributed by atoms with van der Waals surface area (Å²) in [6.45, 7) is 0. The number of rotatable bonds is 2. The molecule has 6 nitrogen and oxygen atoms in total. The van der Waals surface area contributed by atoms with E-state index in [2.05, 4.69) is 12.6 Å². The highest BCUT2D eigenvalue weighted by atomic mass is 32.2. The molecule has 0 saturated carbocycles. The second-order valence-electron chi connectivity index (χ2n) is 2.65. The van der Waals surface area contributed by atoms with Crippen molar-refractivity contribution in [1.29, 1.82) is 0 Å². The summed E-state index contributed by atoms with van der Waals surface area (Å²) < 4.78 is 30.4. The van der Waals surface area contributed by atoms with Crippen LogP contribution in [0.5, 0.6) is 0 Å². The highest BCUT2D eigenvalue weighted by Gasteiger charge is 2.23. The van der Waals surface area contributed by atoms with E-state index in [1.165, 1.54) is 6.07 Å². The van der Waals surface area contributed by atoms with E-state index in [-0.39, 0.29) is 10.6 Å². The van der Waals surface area contributed by atoms with Crippen LogP contribution < -0.4 is 5.73 Å². The zero-order valence-corrected chi connectivity index (χ0v) is 8.92. The molecule has 82 valence electrons. The predicted octanol–water partition coefficient (Wildman–Crippen LogP) is 0.502. The molecule has 1 aromatic rings. The molecule has 0 aromatic heterocycles. The number of carboxylic acid groups (broad SMARTS) is 1. The van der Waals surface area contributed by atoms with E-state index in [0.717, 1.165) is 6.07 Å². The fourth-order valence-electron chi connectivity index (χ4n) is 1.02. The van der Waals surface area contributed by atoms with E-state index in [1.54, 1.807) is 0 Å². The number of hydrogen-bond acceptors (Lipinski definition) is 5. The lowest BCUT2D eigenvalue weighted by atomic mass is 10.2. The lowest BCUT2D eigenvalue weighted by molar-refractivity contribution is 0.0693. The van der Waals surface area contributed by atoms with Gasteiger partial charge in [0.25, 0.3) is 10.1 Å². The molecule has 0 saturated heterocycles. The summed E-state index contributed by atoms with van der Waals surface area (Å²) in [5, 5.41) is 8.74. The van der Waals surface area contributed by atoms with Gasteiger partial charge in [0, 0.05) is 4.90 Å². The Labute approximate surface area is 90.9 Å². The summed E-state index contributed by atoms with van der Waals surface area (Å²) in [6.07, 6.45) is 0. The highest BCUT2D eigenvalue weighted by molar-refractivity contribution is 7.86. The molecule has 0 unspecified atom stereocenters. The summed E-state index contributed by atoms with van der Waals surface area (Å²) in [5.41, 5.74) is 4.37. The summed E-state index contributed by atoms with van der Waals surface area (Å²) >= 11 is 3.84. The second kappa shape index (κ2) is 3.72. The minimum atomic E-state index is -4.61. The third kappa shape index (κ3) is 2.22. The zero-order valence-electron chi connectivity index (χ0n) is 7.21. The Hall–Kier alpha value is -1.25. The maximum atomic E-state index is 10.8. The minimum absolute atomic E-state index is 0.125. The van der Waals surface area contributed by atoms with Crippen molar-refractivity contribution in [3.05, 3.63) is 17.7 Å². The van der Waals surface area contributed by atoms with Crippen LogP contribution in [-0.2, 0) is 10.1 Å². The second-order valence-corrected chi connectivity index (χ2v) is 4.52. The fourth-order valence-corrected chi connectivity index (χ4v) is 1.91. The van der Waals surface area contributed by atoms with E-state index in [1.807, 2.05) is 0 Å². The number of anilines is 1. The first-order valence-electron chi connectivity index (χ1n) is 3.57. The Morgan fingerprint density at radius 2 is 1.93 bits per heavy atom. The van der Waals surface area contributed by atoms with Gasteiger partial charge in [-0.3, -0.25) is 4.55 Å². The van der Waals surface area contributed by atoms with E-state index in [4.69, 9.17) is 15.4 Å². The predicted molar refractivity (Wildman–Crippen MR) is 54.9 cm³/mol. The monoisotopic (exact) mass is 249 g/mol. The number of carboxylic acids is 1. The molecule has 0 aliphatic carbocycles. The topological polar surface area (TPSA) is 118 Å². The van der Waals surface area contributed by atoms with Crippen molar-refractivity contribution < 1.29 is 22.9 Å². The SMILES string of the molecule is Nc1c(S)ccc(S(=O)(=O)O)c1C(=O)O. The largest absolute Gasteiger partial charge is 0.478 e. The Morgan fingerprint density at radius 3 is 2.33 bits per heavy atom. The Kier molecular flexibility index (Phi) is 2.93. The molecule has 1 aromatic carbocycles. The molecule has 0 amide bonds. The van der Waals surface area contributed by atoms with Crippen LogP contribution in [0.25, 0.3) is 0 Å². The molecule has 0 bridgehead atoms. The molecule has 0 aliphatic rings. The Bertz CT molecular complexity index is 522. The first-order chi connectivity index (χ1) is 6.75. The van der Waals surface area contributed by atoms with Gasteiger partial charge in [-0.15, -0.1) is 12.6 Å². The Balaban J connectivity index is 3.70. The van der Waals surface area contributed by atoms with Crippen LogP contribution in [0.4, 0.5) is 5.69 Å². The first kappa shape index (κ1) is 11.8. The van der Waals surface area contributed by atoms with E-state index < -0.39 is 26.5 Å². The molecular formula is C7H7NO5S2. The van der Waals surface area contributed by atoms with Crippen molar-refractivity contribution in [3.63, 3.8) is 0 Å². The lowest BCUT2D eigenvalue weighted by Gasteiger charge is -2.07. The van der Waals surface area contributed by atoms with E-state index >= 15 is 0 Å². The standard InChI is InChI=1S/C7H7NO5S2/c8-6-3(14)1-2-4(15(11,12)13)5(6)7(9)10/h1-2,14H,8H2,(H,9,10)(H,11,12,13). The number of carbonyl (C=O) groups is 1. The Morgan fingerprint density at radius 1 is 1.40 bits per heavy atom. The van der Waals surface area contributed by atoms with E-state index in [9.17, 15) is 13.2 Å². The van der Waals surface area contributed by atoms with Crippen molar-refractivity contribution in [2.45, 2.75) is 9.79 Å². The maximum Gasteiger partial charge on any atom is 0.339 e. The number of aromatic carboxylic acids is 1. The molecule has 0 heterocycles. The highest BCUT2D eigenvalue weighted by Crippen LogP contribution is 2.27. The van der Waals surface area contributed by atoms with Crippen LogP contribution in [0, 0.1) is 0 Å². The van der Waals surface area contributed by atoms with Gasteiger partial charge in [0.1, 0.15) is 10.5 Å². The van der Waals surface area contributed by atoms with Crippen LogP contribution >= 0.6 is 12.6 Å². The molecule has 4 N–H and O–H groups in total. The number of nitrogen functional groups attached to an aromatic ring is 1. The number of nitrogens with two attached hydrogens (primary N) is 1. The van der Waals surface area contributed by atoms with Crippen LogP contribution in [0.1, 0.15) is 10.4 Å². The quantitative estimate of drug-likeness (QED) is 0.344. The van der Waals surface area contributed by atoms with Gasteiger partial charge in [0.15, 0.2) is 0 Å². The third-order valence-corrected chi connectivity index (χ3v) is 2.96. The molecule has 0 fully saturated rings. The zero-order chi connectivity index (χ0) is 11.8. The van der Waals surface area contributed by atoms with Crippen molar-refractivity contribution in [3.8, 4) is 0 Å². The lowest BCUT2D eigenvalue weighted by Crippen LogP contribution is -2.11. The number of benzene rings is 1. The van der Waals surface area contributed by atoms with Crippen molar-refractivity contribution >= 4 is 34.4 Å². The van der Waals surface area contributed by atoms with Gasteiger partial charge in [-0.2, -0.15) is 8.42 Å². The summed E-state index contributed by atoms with van der Waals surface area (Å²) in [5.74, 6) is -1.55. The number of thiol groups is 1. The fraction of sp³-hybridized carbons (Fsp3) is 0. The summed E-state index contributed by atoms with van der Waals surface area (Å²) in [7, 11) is -4.61. The molecule has 0 aliphatic heterocycles. The van der Waals surface area contributed by atoms with Gasteiger partial charge >= 0.3 is 5.97 Å². The molecule has 0 atom stereocenters. The van der Waals surface area contributed by atoms with Crippen molar-refractivity contribution in [2.24, 2.45) is 0 Å². The van der Waals surface area contributed by atoms with Crippen LogP contribution in [0.15, 0.2) is 21.9 Å². The smallest absolute Gasteiger partial charge is 0.339 e. The van der Waals surface area contributed by atoms with Gasteiger partial charge in [-0.1, -0.05) is 0 Å². The van der Waals surface area contributed by atoms with Gasteiger partial charge in [-0.05, 0) is 12.1 Å². The van der Waals surface area contributed by atoms with Crippen LogP contribution in [0.3, 0.4) is 0 Å². The van der Waals surface area contributed by atoms with Crippen molar-refractivity contribution in [1.82, 2.24) is 0 Å². The van der Waals surface area contributed by atoms with Gasteiger partial charge in [0.2, 0.25) is 0 Å². The molecule has 8 heteroatoms. The summed E-state index contributed by atoms with van der Waals surface area (Å²) in [4.78, 5) is 10.1. The minimum Gasteiger partial charge on any atom is -0.478 e. The van der Waals surface area contributed by atoms with Crippen LogP contribution in [0.2, 0.25) is 0 Å². The van der Waals surface area contributed by atoms with Gasteiger partial charge in [-0.25, -0.2) is 4.79 Å². The third-order valence-electron chi connectivity index (χ3n) is 1.68. The first-order valence-corrected chi connectivity index (χ1v) is 5.46. The maximum absolute atomic E-state index is 10.8. The van der Waals surface area contributed by atoms with Crippen LogP contribution in [-0.4, -0.2) is 24.0 Å². The van der Waals surface area contributed by atoms with Crippen molar-refractivity contribution in [2.75, 3.05) is 5.73 Å². The molecule has 0 spiro atoms. The average Bonchev–Trinajstić information content (AvgIpc) is 2.06. The number of hydrogen-bond donors (Lipinski definition) is 4. The molecule has 1 rings (SSSR count). The normalized spacial score (nSPS) is 11.3.